The van der Waals surface area contributed by atoms with Crippen LogP contribution < -0.4 is 10.6 Å². The Hall–Kier alpha value is -2.34. The highest BCUT2D eigenvalue weighted by atomic mass is 15.3. The number of piperidine rings is 1. The lowest BCUT2D eigenvalue weighted by molar-refractivity contribution is 0.201. The van der Waals surface area contributed by atoms with E-state index in [1.807, 2.05) is 18.7 Å². The molecule has 0 bridgehead atoms. The third-order valence-electron chi connectivity index (χ3n) is 5.54. The molecular formula is C23H36N6. The molecule has 1 unspecified atom stereocenters. The van der Waals surface area contributed by atoms with Crippen LogP contribution in [-0.4, -0.2) is 53.9 Å². The number of likely N-dealkylation sites (tertiary alicyclic amines) is 1. The Morgan fingerprint density at radius 3 is 2.59 bits per heavy atom. The summed E-state index contributed by atoms with van der Waals surface area (Å²) in [5.74, 6) is 1.44. The highest BCUT2D eigenvalue weighted by molar-refractivity contribution is 5.79. The van der Waals surface area contributed by atoms with Gasteiger partial charge in [-0.05, 0) is 63.4 Å². The first kappa shape index (κ1) is 21.4. The average Bonchev–Trinajstić information content (AvgIpc) is 3.07. The molecule has 6 heteroatoms. The Kier molecular flexibility index (Phi) is 7.69. The first-order valence-corrected chi connectivity index (χ1v) is 10.8. The fourth-order valence-electron chi connectivity index (χ4n) is 4.06. The molecule has 0 spiro atoms. The minimum atomic E-state index is 0.591. The van der Waals surface area contributed by atoms with Gasteiger partial charge in [0.15, 0.2) is 5.96 Å². The van der Waals surface area contributed by atoms with E-state index in [2.05, 4.69) is 69.8 Å². The van der Waals surface area contributed by atoms with Crippen LogP contribution in [0.2, 0.25) is 0 Å². The Labute approximate surface area is 175 Å². The number of benzene rings is 1. The lowest BCUT2D eigenvalue weighted by Crippen LogP contribution is -2.42. The quantitative estimate of drug-likeness (QED) is 0.557. The van der Waals surface area contributed by atoms with Gasteiger partial charge in [0.1, 0.15) is 0 Å². The molecule has 29 heavy (non-hydrogen) atoms. The van der Waals surface area contributed by atoms with Gasteiger partial charge >= 0.3 is 0 Å². The molecule has 2 N–H and O–H groups in total. The molecule has 1 atom stereocenters. The molecule has 1 aromatic carbocycles. The SMILES string of the molecule is CN=C(NCc1ccccc1-n1nc(C)cc1C)NCC(C)CN1CCCCC1. The molecule has 2 heterocycles. The topological polar surface area (TPSA) is 57.5 Å². The third-order valence-corrected chi connectivity index (χ3v) is 5.54. The number of para-hydroxylation sites is 1. The number of aliphatic imine (C=N–C) groups is 1. The van der Waals surface area contributed by atoms with Crippen molar-refractivity contribution >= 4 is 5.96 Å². The predicted octanol–water partition coefficient (Wildman–Crippen LogP) is 3.28. The van der Waals surface area contributed by atoms with Crippen LogP contribution in [0.25, 0.3) is 5.69 Å². The fourth-order valence-corrected chi connectivity index (χ4v) is 4.06. The molecule has 1 aromatic heterocycles. The average molecular weight is 397 g/mol. The number of nitrogens with zero attached hydrogens (tertiary/aromatic N) is 4. The largest absolute Gasteiger partial charge is 0.356 e. The first-order chi connectivity index (χ1) is 14.1. The van der Waals surface area contributed by atoms with Crippen molar-refractivity contribution in [1.29, 1.82) is 0 Å². The van der Waals surface area contributed by atoms with Gasteiger partial charge in [0.25, 0.3) is 0 Å². The second-order valence-electron chi connectivity index (χ2n) is 8.24. The molecule has 6 nitrogen and oxygen atoms in total. The zero-order valence-electron chi connectivity index (χ0n) is 18.4. The maximum atomic E-state index is 4.64. The molecule has 1 saturated heterocycles. The van der Waals surface area contributed by atoms with Gasteiger partial charge in [-0.25, -0.2) is 4.68 Å². The van der Waals surface area contributed by atoms with Crippen molar-refractivity contribution in [3.8, 4) is 5.69 Å². The number of nitrogens with one attached hydrogen (secondary N) is 2. The maximum Gasteiger partial charge on any atom is 0.191 e. The van der Waals surface area contributed by atoms with E-state index >= 15 is 0 Å². The van der Waals surface area contributed by atoms with Crippen molar-refractivity contribution in [1.82, 2.24) is 25.3 Å². The van der Waals surface area contributed by atoms with Gasteiger partial charge in [-0.15, -0.1) is 0 Å². The minimum Gasteiger partial charge on any atom is -0.356 e. The van der Waals surface area contributed by atoms with Crippen molar-refractivity contribution in [2.45, 2.75) is 46.6 Å². The van der Waals surface area contributed by atoms with Crippen LogP contribution in [0.5, 0.6) is 0 Å². The van der Waals surface area contributed by atoms with E-state index in [-0.39, 0.29) is 0 Å². The summed E-state index contributed by atoms with van der Waals surface area (Å²) in [6.07, 6.45) is 4.08. The summed E-state index contributed by atoms with van der Waals surface area (Å²) in [6, 6.07) is 10.5. The molecular weight excluding hydrogens is 360 g/mol. The number of rotatable bonds is 7. The van der Waals surface area contributed by atoms with Gasteiger partial charge in [0.2, 0.25) is 0 Å². The predicted molar refractivity (Wildman–Crippen MR) is 121 cm³/mol. The van der Waals surface area contributed by atoms with Gasteiger partial charge in [-0.2, -0.15) is 5.10 Å². The first-order valence-electron chi connectivity index (χ1n) is 10.8. The van der Waals surface area contributed by atoms with Crippen LogP contribution >= 0.6 is 0 Å². The lowest BCUT2D eigenvalue weighted by atomic mass is 10.1. The molecule has 1 aliphatic rings. The summed E-state index contributed by atoms with van der Waals surface area (Å²) in [4.78, 5) is 7.00. The van der Waals surface area contributed by atoms with Gasteiger partial charge in [0, 0.05) is 32.4 Å². The van der Waals surface area contributed by atoms with Crippen LogP contribution in [0.15, 0.2) is 35.3 Å². The maximum absolute atomic E-state index is 4.64. The van der Waals surface area contributed by atoms with Gasteiger partial charge in [0.05, 0.1) is 11.4 Å². The third kappa shape index (κ3) is 6.07. The molecule has 3 rings (SSSR count). The molecule has 1 aliphatic heterocycles. The Bertz CT molecular complexity index is 803. The molecule has 0 amide bonds. The minimum absolute atomic E-state index is 0.591. The van der Waals surface area contributed by atoms with E-state index in [1.165, 1.54) is 37.9 Å². The normalized spacial score (nSPS) is 16.6. The van der Waals surface area contributed by atoms with E-state index in [9.17, 15) is 0 Å². The summed E-state index contributed by atoms with van der Waals surface area (Å²) < 4.78 is 2.02. The number of hydrogen-bond donors (Lipinski definition) is 2. The van der Waals surface area contributed by atoms with Crippen LogP contribution in [0.3, 0.4) is 0 Å². The number of aromatic nitrogens is 2. The molecule has 158 valence electrons. The summed E-state index contributed by atoms with van der Waals surface area (Å²) in [5.41, 5.74) is 4.48. The van der Waals surface area contributed by atoms with E-state index in [0.29, 0.717) is 12.5 Å². The summed E-state index contributed by atoms with van der Waals surface area (Å²) >= 11 is 0. The van der Waals surface area contributed by atoms with Crippen molar-refractivity contribution in [2.75, 3.05) is 33.2 Å². The Morgan fingerprint density at radius 1 is 1.14 bits per heavy atom. The van der Waals surface area contributed by atoms with Crippen molar-refractivity contribution in [2.24, 2.45) is 10.9 Å². The smallest absolute Gasteiger partial charge is 0.191 e. The second kappa shape index (κ2) is 10.4. The number of hydrogen-bond acceptors (Lipinski definition) is 3. The van der Waals surface area contributed by atoms with Gasteiger partial charge in [-0.1, -0.05) is 31.5 Å². The molecule has 0 radical (unpaired) electrons. The Balaban J connectivity index is 1.54. The van der Waals surface area contributed by atoms with E-state index in [4.69, 9.17) is 0 Å². The van der Waals surface area contributed by atoms with E-state index in [0.717, 1.165) is 36.1 Å². The van der Waals surface area contributed by atoms with Crippen LogP contribution in [0.4, 0.5) is 0 Å². The zero-order valence-corrected chi connectivity index (χ0v) is 18.4. The number of aryl methyl sites for hydroxylation is 2. The van der Waals surface area contributed by atoms with Crippen molar-refractivity contribution < 1.29 is 0 Å². The monoisotopic (exact) mass is 396 g/mol. The summed E-state index contributed by atoms with van der Waals surface area (Å²) in [7, 11) is 1.83. The van der Waals surface area contributed by atoms with Crippen LogP contribution in [0.1, 0.15) is 43.1 Å². The molecule has 1 fully saturated rings. The molecule has 2 aromatic rings. The van der Waals surface area contributed by atoms with Crippen LogP contribution in [-0.2, 0) is 6.54 Å². The molecule has 0 aliphatic carbocycles. The van der Waals surface area contributed by atoms with Crippen LogP contribution in [0, 0.1) is 19.8 Å². The highest BCUT2D eigenvalue weighted by Crippen LogP contribution is 2.17. The van der Waals surface area contributed by atoms with Gasteiger partial charge in [-0.3, -0.25) is 4.99 Å². The van der Waals surface area contributed by atoms with E-state index in [1.54, 1.807) is 0 Å². The molecule has 0 saturated carbocycles. The lowest BCUT2D eigenvalue weighted by Gasteiger charge is -2.29. The summed E-state index contributed by atoms with van der Waals surface area (Å²) in [5, 5.41) is 11.6. The van der Waals surface area contributed by atoms with Crippen molar-refractivity contribution in [3.63, 3.8) is 0 Å². The summed E-state index contributed by atoms with van der Waals surface area (Å²) in [6.45, 7) is 11.7. The highest BCUT2D eigenvalue weighted by Gasteiger charge is 2.14. The van der Waals surface area contributed by atoms with E-state index < -0.39 is 0 Å². The number of guanidine groups is 1. The second-order valence-corrected chi connectivity index (χ2v) is 8.24. The zero-order chi connectivity index (χ0) is 20.6. The standard InChI is InChI=1S/C23H36N6/c1-18(17-28-12-8-5-9-13-28)15-25-23(24-4)26-16-21-10-6-7-11-22(21)29-20(3)14-19(2)27-29/h6-7,10-11,14,18H,5,8-9,12-13,15-17H2,1-4H3,(H2,24,25,26). The Morgan fingerprint density at radius 2 is 1.90 bits per heavy atom. The fraction of sp³-hybridized carbons (Fsp3) is 0.565. The van der Waals surface area contributed by atoms with Gasteiger partial charge < -0.3 is 15.5 Å². The van der Waals surface area contributed by atoms with Crippen molar-refractivity contribution in [3.05, 3.63) is 47.3 Å².